The largest absolute Gasteiger partial charge is 0.411 e. The summed E-state index contributed by atoms with van der Waals surface area (Å²) in [5.74, 6) is 0.976. The average molecular weight is 360 g/mol. The van der Waals surface area contributed by atoms with Crippen LogP contribution in [0.2, 0.25) is 0 Å². The quantitative estimate of drug-likeness (QED) is 0.642. The van der Waals surface area contributed by atoms with Crippen LogP contribution in [0.1, 0.15) is 31.5 Å². The van der Waals surface area contributed by atoms with Crippen LogP contribution in [0.5, 0.6) is 0 Å². The Balaban J connectivity index is 2.01. The van der Waals surface area contributed by atoms with E-state index in [9.17, 15) is 5.21 Å². The average Bonchev–Trinajstić information content (AvgIpc) is 2.54. The van der Waals surface area contributed by atoms with Crippen molar-refractivity contribution in [3.8, 4) is 11.3 Å². The van der Waals surface area contributed by atoms with Crippen molar-refractivity contribution < 1.29 is 5.21 Å². The third-order valence-corrected chi connectivity index (χ3v) is 4.82. The number of halogens is 1. The van der Waals surface area contributed by atoms with Gasteiger partial charge in [0.1, 0.15) is 0 Å². The second kappa shape index (κ2) is 6.16. The number of rotatable bonds is 2. The normalized spacial score (nSPS) is 19.5. The van der Waals surface area contributed by atoms with E-state index in [2.05, 4.69) is 45.1 Å². The van der Waals surface area contributed by atoms with Gasteiger partial charge in [-0.25, -0.2) is 0 Å². The van der Waals surface area contributed by atoms with Crippen LogP contribution in [-0.2, 0) is 6.42 Å². The van der Waals surface area contributed by atoms with E-state index in [-0.39, 0.29) is 0 Å². The van der Waals surface area contributed by atoms with Gasteiger partial charge in [0.2, 0.25) is 0 Å². The number of aromatic nitrogens is 2. The minimum atomic E-state index is 0.450. The highest BCUT2D eigenvalue weighted by Gasteiger charge is 2.28. The predicted octanol–water partition coefficient (Wildman–Crippen LogP) is 4.30. The molecule has 1 aromatic heterocycles. The predicted molar refractivity (Wildman–Crippen MR) is 90.1 cm³/mol. The van der Waals surface area contributed by atoms with E-state index in [4.69, 9.17) is 0 Å². The maximum absolute atomic E-state index is 9.37. The van der Waals surface area contributed by atoms with Crippen molar-refractivity contribution >= 4 is 21.6 Å². The highest BCUT2D eigenvalue weighted by atomic mass is 79.9. The number of hydrogen-bond acceptors (Lipinski definition) is 4. The van der Waals surface area contributed by atoms with Crippen molar-refractivity contribution in [2.45, 2.75) is 26.7 Å². The molecule has 0 fully saturated rings. The van der Waals surface area contributed by atoms with Crippen LogP contribution in [0.3, 0.4) is 0 Å². The molecule has 1 heterocycles. The molecule has 114 valence electrons. The fourth-order valence-electron chi connectivity index (χ4n) is 2.82. The van der Waals surface area contributed by atoms with Gasteiger partial charge in [0.15, 0.2) is 0 Å². The molecule has 0 spiro atoms. The molecule has 1 unspecified atom stereocenters. The molecule has 0 aliphatic heterocycles. The number of nitrogens with zero attached hydrogens (tertiary/aromatic N) is 3. The molecule has 4 nitrogen and oxygen atoms in total. The van der Waals surface area contributed by atoms with Crippen LogP contribution in [0, 0.1) is 11.8 Å². The van der Waals surface area contributed by atoms with Crippen LogP contribution in [0.25, 0.3) is 11.3 Å². The van der Waals surface area contributed by atoms with Crippen molar-refractivity contribution in [2.24, 2.45) is 17.0 Å². The standard InChI is InChI=1S/C17H18BrN3O/c1-10(2)12-7-16-14(17(8-12)21-22)9-15(19-20-16)11-3-5-13(18)6-4-11/h3-6,9-10,12,22H,7-8H2,1-2H3. The zero-order valence-electron chi connectivity index (χ0n) is 12.6. The smallest absolute Gasteiger partial charge is 0.0936 e. The Labute approximate surface area is 138 Å². The zero-order chi connectivity index (χ0) is 15.7. The van der Waals surface area contributed by atoms with Gasteiger partial charge in [-0.15, -0.1) is 0 Å². The monoisotopic (exact) mass is 359 g/mol. The Hall–Kier alpha value is -1.75. The van der Waals surface area contributed by atoms with Gasteiger partial charge in [-0.2, -0.15) is 10.2 Å². The second-order valence-electron chi connectivity index (χ2n) is 6.06. The summed E-state index contributed by atoms with van der Waals surface area (Å²) in [4.78, 5) is 0. The fourth-order valence-corrected chi connectivity index (χ4v) is 3.09. The first kappa shape index (κ1) is 15.2. The lowest BCUT2D eigenvalue weighted by Crippen LogP contribution is -2.26. The second-order valence-corrected chi connectivity index (χ2v) is 6.97. The van der Waals surface area contributed by atoms with Crippen LogP contribution in [-0.4, -0.2) is 21.1 Å². The van der Waals surface area contributed by atoms with Crippen LogP contribution >= 0.6 is 15.9 Å². The molecule has 0 saturated carbocycles. The van der Waals surface area contributed by atoms with Gasteiger partial charge in [0.05, 0.1) is 17.1 Å². The Morgan fingerprint density at radius 3 is 2.55 bits per heavy atom. The van der Waals surface area contributed by atoms with E-state index in [1.165, 1.54) is 0 Å². The van der Waals surface area contributed by atoms with Crippen molar-refractivity contribution in [1.82, 2.24) is 10.2 Å². The van der Waals surface area contributed by atoms with E-state index in [0.29, 0.717) is 17.5 Å². The van der Waals surface area contributed by atoms with E-state index in [0.717, 1.165) is 39.8 Å². The molecule has 0 amide bonds. The molecule has 2 aromatic rings. The number of benzene rings is 1. The summed E-state index contributed by atoms with van der Waals surface area (Å²) in [7, 11) is 0. The highest BCUT2D eigenvalue weighted by molar-refractivity contribution is 9.10. The molecule has 1 N–H and O–H groups in total. The van der Waals surface area contributed by atoms with Crippen molar-refractivity contribution in [2.75, 3.05) is 0 Å². The Morgan fingerprint density at radius 1 is 1.18 bits per heavy atom. The molecule has 0 radical (unpaired) electrons. The Morgan fingerprint density at radius 2 is 1.91 bits per heavy atom. The maximum atomic E-state index is 9.37. The molecule has 1 atom stereocenters. The molecule has 0 saturated heterocycles. The molecule has 5 heteroatoms. The summed E-state index contributed by atoms with van der Waals surface area (Å²) >= 11 is 3.43. The van der Waals surface area contributed by atoms with Crippen molar-refractivity contribution in [3.63, 3.8) is 0 Å². The number of hydrogen-bond donors (Lipinski definition) is 1. The molecule has 1 aliphatic rings. The van der Waals surface area contributed by atoms with Crippen LogP contribution in [0.15, 0.2) is 40.0 Å². The molecular weight excluding hydrogens is 342 g/mol. The fraction of sp³-hybridized carbons (Fsp3) is 0.353. The topological polar surface area (TPSA) is 58.4 Å². The molecule has 0 bridgehead atoms. The van der Waals surface area contributed by atoms with E-state index >= 15 is 0 Å². The highest BCUT2D eigenvalue weighted by Crippen LogP contribution is 2.31. The molecule has 22 heavy (non-hydrogen) atoms. The summed E-state index contributed by atoms with van der Waals surface area (Å²) in [6.45, 7) is 4.38. The summed E-state index contributed by atoms with van der Waals surface area (Å²) in [5, 5.41) is 21.6. The van der Waals surface area contributed by atoms with E-state index < -0.39 is 0 Å². The van der Waals surface area contributed by atoms with Gasteiger partial charge in [-0.05, 0) is 42.9 Å². The van der Waals surface area contributed by atoms with Gasteiger partial charge >= 0.3 is 0 Å². The summed E-state index contributed by atoms with van der Waals surface area (Å²) < 4.78 is 1.03. The van der Waals surface area contributed by atoms with Gasteiger partial charge in [-0.3, -0.25) is 0 Å². The van der Waals surface area contributed by atoms with Gasteiger partial charge in [0, 0.05) is 15.6 Å². The lowest BCUT2D eigenvalue weighted by Gasteiger charge is -2.27. The van der Waals surface area contributed by atoms with Crippen molar-refractivity contribution in [3.05, 3.63) is 46.1 Å². The van der Waals surface area contributed by atoms with Gasteiger partial charge in [0.25, 0.3) is 0 Å². The summed E-state index contributed by atoms with van der Waals surface area (Å²) in [5.41, 5.74) is 4.37. The number of oxime groups is 1. The minimum absolute atomic E-state index is 0.450. The van der Waals surface area contributed by atoms with Crippen LogP contribution in [0.4, 0.5) is 0 Å². The third-order valence-electron chi connectivity index (χ3n) is 4.30. The first-order chi connectivity index (χ1) is 10.6. The lowest BCUT2D eigenvalue weighted by atomic mass is 9.79. The Bertz CT molecular complexity index is 710. The molecule has 3 rings (SSSR count). The Kier molecular flexibility index (Phi) is 4.25. The van der Waals surface area contributed by atoms with Crippen LogP contribution < -0.4 is 0 Å². The first-order valence-electron chi connectivity index (χ1n) is 7.42. The molecule has 1 aromatic carbocycles. The maximum Gasteiger partial charge on any atom is 0.0936 e. The SMILES string of the molecule is CC(C)C1CC(=NO)c2cc(-c3ccc(Br)cc3)nnc2C1. The van der Waals surface area contributed by atoms with E-state index in [1.54, 1.807) is 0 Å². The van der Waals surface area contributed by atoms with Gasteiger partial charge < -0.3 is 5.21 Å². The van der Waals surface area contributed by atoms with Crippen molar-refractivity contribution in [1.29, 1.82) is 0 Å². The summed E-state index contributed by atoms with van der Waals surface area (Å²) in [6, 6.07) is 9.93. The number of fused-ring (bicyclic) bond motifs is 1. The molecule has 1 aliphatic carbocycles. The third kappa shape index (κ3) is 2.90. The van der Waals surface area contributed by atoms with E-state index in [1.807, 2.05) is 30.3 Å². The first-order valence-corrected chi connectivity index (χ1v) is 8.21. The van der Waals surface area contributed by atoms with Gasteiger partial charge in [-0.1, -0.05) is 47.1 Å². The zero-order valence-corrected chi connectivity index (χ0v) is 14.2. The lowest BCUT2D eigenvalue weighted by molar-refractivity contribution is 0.310. The summed E-state index contributed by atoms with van der Waals surface area (Å²) in [6.07, 6.45) is 1.67. The molecular formula is C17H18BrN3O. The minimum Gasteiger partial charge on any atom is -0.411 e.